The molecule has 0 fully saturated rings. The molecule has 0 aliphatic heterocycles. The lowest BCUT2D eigenvalue weighted by molar-refractivity contribution is 0.412. The van der Waals surface area contributed by atoms with Crippen molar-refractivity contribution in [2.24, 2.45) is 0 Å². The topological polar surface area (TPSA) is 66.0 Å². The number of aromatic nitrogens is 3. The molecule has 190 valence electrons. The molecule has 6 nitrogen and oxygen atoms in total. The molecule has 2 N–H and O–H groups in total. The number of rotatable bonds is 9. The Morgan fingerprint density at radius 1 is 1.03 bits per heavy atom. The van der Waals surface area contributed by atoms with Crippen LogP contribution in [0, 0.1) is 20.8 Å². The van der Waals surface area contributed by atoms with E-state index in [2.05, 4.69) is 85.1 Å². The fourth-order valence-corrected chi connectivity index (χ4v) is 4.93. The normalized spacial score (nSPS) is 11.8. The number of likely N-dealkylation sites (N-methyl/N-ethyl adjacent to an activating group) is 1. The van der Waals surface area contributed by atoms with Crippen molar-refractivity contribution in [3.05, 3.63) is 86.7 Å². The van der Waals surface area contributed by atoms with Crippen LogP contribution in [0.3, 0.4) is 0 Å². The summed E-state index contributed by atoms with van der Waals surface area (Å²) in [5.74, 6) is 0. The zero-order chi connectivity index (χ0) is 26.0. The van der Waals surface area contributed by atoms with Crippen molar-refractivity contribution < 1.29 is 0 Å². The highest BCUT2D eigenvalue weighted by Gasteiger charge is 2.15. The van der Waals surface area contributed by atoms with E-state index in [0.717, 1.165) is 46.6 Å². The highest BCUT2D eigenvalue weighted by Crippen LogP contribution is 2.33. The molecule has 4 rings (SSSR count). The summed E-state index contributed by atoms with van der Waals surface area (Å²) in [6, 6.07) is 11.3. The van der Waals surface area contributed by atoms with E-state index >= 15 is 0 Å². The number of aryl methyl sites for hydroxylation is 3. The van der Waals surface area contributed by atoms with Crippen LogP contribution in [0.5, 0.6) is 0 Å². The summed E-state index contributed by atoms with van der Waals surface area (Å²) in [6.07, 6.45) is 5.18. The van der Waals surface area contributed by atoms with Gasteiger partial charge in [-0.3, -0.25) is 9.78 Å². The van der Waals surface area contributed by atoms with Crippen LogP contribution in [0.15, 0.2) is 47.5 Å². The number of fused-ring (bicyclic) bond motifs is 1. The number of hydrogen-bond acceptors (Lipinski definition) is 4. The van der Waals surface area contributed by atoms with Gasteiger partial charge in [-0.05, 0) is 95.2 Å². The van der Waals surface area contributed by atoms with E-state index in [-0.39, 0.29) is 5.56 Å². The molecule has 3 heterocycles. The molecule has 0 spiro atoms. The first-order valence-electron chi connectivity index (χ1n) is 12.8. The van der Waals surface area contributed by atoms with Gasteiger partial charge < -0.3 is 19.8 Å². The maximum atomic E-state index is 12.5. The molecule has 0 saturated heterocycles. The molecule has 0 aliphatic rings. The Balaban J connectivity index is 1.68. The predicted octanol–water partition coefficient (Wildman–Crippen LogP) is 5.29. The van der Waals surface area contributed by atoms with Gasteiger partial charge in [0.1, 0.15) is 0 Å². The van der Waals surface area contributed by atoms with Crippen molar-refractivity contribution in [3.8, 4) is 11.1 Å². The SMILES string of the molecule is Cc1cc(C)c(CNCc2cc(-c3ccc(CCN(C)C)nc3)cc3c2c(C)cn3C(C)C)c(=O)[nH]1. The summed E-state index contributed by atoms with van der Waals surface area (Å²) in [4.78, 5) is 22.3. The summed E-state index contributed by atoms with van der Waals surface area (Å²) in [7, 11) is 4.17. The van der Waals surface area contributed by atoms with Crippen LogP contribution in [0.1, 0.15) is 53.5 Å². The van der Waals surface area contributed by atoms with E-state index in [1.54, 1.807) is 0 Å². The summed E-state index contributed by atoms with van der Waals surface area (Å²) in [6.45, 7) is 12.7. The van der Waals surface area contributed by atoms with Gasteiger partial charge in [-0.2, -0.15) is 0 Å². The standard InChI is InChI=1S/C30H39N5O/c1-19(2)35-18-21(4)29-25(15-31-17-27-20(3)12-22(5)33-30(27)36)13-24(14-28(29)35)23-8-9-26(32-16-23)10-11-34(6)7/h8-9,12-14,16,18-19,31H,10-11,15,17H2,1-7H3,(H,33,36). The lowest BCUT2D eigenvalue weighted by atomic mass is 9.99. The van der Waals surface area contributed by atoms with E-state index in [0.29, 0.717) is 19.1 Å². The highest BCUT2D eigenvalue weighted by molar-refractivity contribution is 5.91. The fraction of sp³-hybridized carbons (Fsp3) is 0.400. The van der Waals surface area contributed by atoms with Crippen LogP contribution < -0.4 is 10.9 Å². The second-order valence-electron chi connectivity index (χ2n) is 10.5. The van der Waals surface area contributed by atoms with Crippen LogP contribution in [0.2, 0.25) is 0 Å². The lowest BCUT2D eigenvalue weighted by Gasteiger charge is -2.15. The van der Waals surface area contributed by atoms with E-state index in [4.69, 9.17) is 4.98 Å². The summed E-state index contributed by atoms with van der Waals surface area (Å²) in [5.41, 5.74) is 9.81. The van der Waals surface area contributed by atoms with Crippen LogP contribution in [0.4, 0.5) is 0 Å². The minimum atomic E-state index is -0.0125. The molecule has 0 radical (unpaired) electrons. The highest BCUT2D eigenvalue weighted by atomic mass is 16.1. The van der Waals surface area contributed by atoms with Gasteiger partial charge in [0, 0.05) is 77.9 Å². The van der Waals surface area contributed by atoms with E-state index in [1.165, 1.54) is 22.0 Å². The Hall–Kier alpha value is -3.22. The number of aromatic amines is 1. The average Bonchev–Trinajstić information content (AvgIpc) is 3.16. The van der Waals surface area contributed by atoms with Crippen molar-refractivity contribution in [2.45, 2.75) is 60.2 Å². The largest absolute Gasteiger partial charge is 0.345 e. The second-order valence-corrected chi connectivity index (χ2v) is 10.5. The smallest absolute Gasteiger partial charge is 0.252 e. The number of nitrogens with zero attached hydrogens (tertiary/aromatic N) is 3. The number of pyridine rings is 2. The van der Waals surface area contributed by atoms with Crippen molar-refractivity contribution in [3.63, 3.8) is 0 Å². The van der Waals surface area contributed by atoms with Gasteiger partial charge in [-0.1, -0.05) is 6.07 Å². The maximum absolute atomic E-state index is 12.5. The second kappa shape index (κ2) is 10.8. The number of nitrogens with one attached hydrogen (secondary N) is 2. The van der Waals surface area contributed by atoms with Gasteiger partial charge >= 0.3 is 0 Å². The van der Waals surface area contributed by atoms with Crippen molar-refractivity contribution in [1.82, 2.24) is 24.8 Å². The first kappa shape index (κ1) is 25.9. The van der Waals surface area contributed by atoms with Crippen molar-refractivity contribution in [2.75, 3.05) is 20.6 Å². The van der Waals surface area contributed by atoms with E-state index in [1.807, 2.05) is 26.1 Å². The molecule has 3 aromatic heterocycles. The molecular weight excluding hydrogens is 446 g/mol. The van der Waals surface area contributed by atoms with Crippen molar-refractivity contribution >= 4 is 10.9 Å². The molecule has 0 saturated carbocycles. The monoisotopic (exact) mass is 485 g/mol. The summed E-state index contributed by atoms with van der Waals surface area (Å²) >= 11 is 0. The predicted molar refractivity (Wildman–Crippen MR) is 150 cm³/mol. The molecule has 0 amide bonds. The van der Waals surface area contributed by atoms with Gasteiger partial charge in [0.05, 0.1) is 0 Å². The molecule has 0 aliphatic carbocycles. The molecule has 0 atom stereocenters. The van der Waals surface area contributed by atoms with Gasteiger partial charge in [0.15, 0.2) is 0 Å². The Morgan fingerprint density at radius 3 is 2.44 bits per heavy atom. The third kappa shape index (κ3) is 5.61. The Labute approximate surface area is 214 Å². The Kier molecular flexibility index (Phi) is 7.76. The fourth-order valence-electron chi connectivity index (χ4n) is 4.93. The minimum Gasteiger partial charge on any atom is -0.345 e. The quantitative estimate of drug-likeness (QED) is 0.338. The molecule has 36 heavy (non-hydrogen) atoms. The van der Waals surface area contributed by atoms with Crippen LogP contribution >= 0.6 is 0 Å². The molecule has 0 unspecified atom stereocenters. The number of hydrogen-bond donors (Lipinski definition) is 2. The lowest BCUT2D eigenvalue weighted by Crippen LogP contribution is -2.23. The first-order valence-corrected chi connectivity index (χ1v) is 12.8. The number of H-pyrrole nitrogens is 1. The summed E-state index contributed by atoms with van der Waals surface area (Å²) in [5, 5.41) is 4.82. The maximum Gasteiger partial charge on any atom is 0.252 e. The van der Waals surface area contributed by atoms with Gasteiger partial charge in [0.2, 0.25) is 0 Å². The molecule has 1 aromatic carbocycles. The third-order valence-electron chi connectivity index (χ3n) is 6.85. The Bertz CT molecular complexity index is 1410. The first-order chi connectivity index (χ1) is 17.1. The van der Waals surface area contributed by atoms with E-state index in [9.17, 15) is 4.79 Å². The van der Waals surface area contributed by atoms with E-state index < -0.39 is 0 Å². The van der Waals surface area contributed by atoms with Crippen LogP contribution in [-0.4, -0.2) is 40.1 Å². The molecular formula is C30H39N5O. The van der Waals surface area contributed by atoms with Gasteiger partial charge in [-0.25, -0.2) is 0 Å². The van der Waals surface area contributed by atoms with Gasteiger partial charge in [0.25, 0.3) is 5.56 Å². The van der Waals surface area contributed by atoms with Crippen LogP contribution in [0.25, 0.3) is 22.0 Å². The zero-order valence-corrected chi connectivity index (χ0v) is 22.7. The van der Waals surface area contributed by atoms with Crippen molar-refractivity contribution in [1.29, 1.82) is 0 Å². The zero-order valence-electron chi connectivity index (χ0n) is 22.7. The molecule has 4 aromatic rings. The molecule has 6 heteroatoms. The average molecular weight is 486 g/mol. The van der Waals surface area contributed by atoms with Crippen LogP contribution in [-0.2, 0) is 19.5 Å². The number of benzene rings is 1. The summed E-state index contributed by atoms with van der Waals surface area (Å²) < 4.78 is 2.35. The van der Waals surface area contributed by atoms with Gasteiger partial charge in [-0.15, -0.1) is 0 Å². The third-order valence-corrected chi connectivity index (χ3v) is 6.85. The molecule has 0 bridgehead atoms. The minimum absolute atomic E-state index is 0.0125. The Morgan fingerprint density at radius 2 is 1.81 bits per heavy atom.